The van der Waals surface area contributed by atoms with Crippen molar-refractivity contribution in [1.29, 1.82) is 0 Å². The van der Waals surface area contributed by atoms with E-state index in [1.165, 1.54) is 0 Å². The Morgan fingerprint density at radius 1 is 1.18 bits per heavy atom. The third-order valence-electron chi connectivity index (χ3n) is 7.20. The first-order chi connectivity index (χ1) is 13.5. The SMILES string of the molecule is CN(C[C@@H]1CC2(CCN(C(=O)c3ccccc3)CC2)CO1)C1CCC(O)CC1. The molecule has 2 saturated heterocycles. The van der Waals surface area contributed by atoms with Gasteiger partial charge in [0.25, 0.3) is 5.91 Å². The molecule has 1 N–H and O–H groups in total. The molecule has 4 rings (SSSR count). The highest BCUT2D eigenvalue weighted by Crippen LogP contribution is 2.42. The van der Waals surface area contributed by atoms with Crippen molar-refractivity contribution in [2.24, 2.45) is 5.41 Å². The van der Waals surface area contributed by atoms with Crippen LogP contribution in [0.15, 0.2) is 30.3 Å². The van der Waals surface area contributed by atoms with E-state index < -0.39 is 0 Å². The summed E-state index contributed by atoms with van der Waals surface area (Å²) in [5.41, 5.74) is 1.04. The van der Waals surface area contributed by atoms with Gasteiger partial charge in [-0.05, 0) is 69.5 Å². The Kier molecular flexibility index (Phi) is 6.04. The zero-order chi connectivity index (χ0) is 19.6. The summed E-state index contributed by atoms with van der Waals surface area (Å²) in [5, 5.41) is 9.72. The van der Waals surface area contributed by atoms with E-state index in [-0.39, 0.29) is 17.4 Å². The lowest BCUT2D eigenvalue weighted by Crippen LogP contribution is -2.44. The Bertz CT molecular complexity index is 649. The average Bonchev–Trinajstić information content (AvgIpc) is 3.11. The maximum Gasteiger partial charge on any atom is 0.253 e. The Hall–Kier alpha value is -1.43. The minimum Gasteiger partial charge on any atom is -0.393 e. The van der Waals surface area contributed by atoms with Crippen molar-refractivity contribution >= 4 is 5.91 Å². The first-order valence-electron chi connectivity index (χ1n) is 10.9. The lowest BCUT2D eigenvalue weighted by molar-refractivity contribution is 0.0336. The Labute approximate surface area is 168 Å². The summed E-state index contributed by atoms with van der Waals surface area (Å²) in [7, 11) is 2.21. The van der Waals surface area contributed by atoms with Crippen LogP contribution in [0.5, 0.6) is 0 Å². The largest absolute Gasteiger partial charge is 0.393 e. The number of piperidine rings is 1. The van der Waals surface area contributed by atoms with Gasteiger partial charge in [-0.2, -0.15) is 0 Å². The van der Waals surface area contributed by atoms with Crippen molar-refractivity contribution in [2.75, 3.05) is 33.3 Å². The molecule has 1 aromatic rings. The number of aliphatic hydroxyl groups is 1. The number of rotatable bonds is 4. The number of nitrogens with zero attached hydrogens (tertiary/aromatic N) is 2. The molecule has 0 aromatic heterocycles. The Balaban J connectivity index is 1.26. The quantitative estimate of drug-likeness (QED) is 0.864. The van der Waals surface area contributed by atoms with Crippen molar-refractivity contribution in [1.82, 2.24) is 9.80 Å². The highest BCUT2D eigenvalue weighted by molar-refractivity contribution is 5.94. The number of hydrogen-bond acceptors (Lipinski definition) is 4. The van der Waals surface area contributed by atoms with Gasteiger partial charge in [0.15, 0.2) is 0 Å². The number of aliphatic hydroxyl groups excluding tert-OH is 1. The van der Waals surface area contributed by atoms with Crippen molar-refractivity contribution < 1.29 is 14.6 Å². The molecule has 1 amide bonds. The van der Waals surface area contributed by atoms with Crippen molar-refractivity contribution in [3.05, 3.63) is 35.9 Å². The summed E-state index contributed by atoms with van der Waals surface area (Å²) in [5.74, 6) is 0.158. The fourth-order valence-electron chi connectivity index (χ4n) is 5.28. The fourth-order valence-corrected chi connectivity index (χ4v) is 5.28. The lowest BCUT2D eigenvalue weighted by Gasteiger charge is -2.39. The number of ether oxygens (including phenoxy) is 1. The molecule has 3 aliphatic rings. The highest BCUT2D eigenvalue weighted by atomic mass is 16.5. The zero-order valence-electron chi connectivity index (χ0n) is 17.1. The van der Waals surface area contributed by atoms with Gasteiger partial charge in [0.2, 0.25) is 0 Å². The molecule has 1 aliphatic carbocycles. The van der Waals surface area contributed by atoms with E-state index in [0.717, 1.165) is 76.8 Å². The van der Waals surface area contributed by atoms with Gasteiger partial charge in [0.1, 0.15) is 0 Å². The normalized spacial score (nSPS) is 30.1. The number of hydrogen-bond donors (Lipinski definition) is 1. The molecule has 2 heterocycles. The molecule has 5 nitrogen and oxygen atoms in total. The van der Waals surface area contributed by atoms with E-state index in [9.17, 15) is 9.90 Å². The molecule has 0 unspecified atom stereocenters. The number of carbonyl (C=O) groups is 1. The maximum atomic E-state index is 12.7. The van der Waals surface area contributed by atoms with Crippen LogP contribution < -0.4 is 0 Å². The predicted molar refractivity (Wildman–Crippen MR) is 109 cm³/mol. The summed E-state index contributed by atoms with van der Waals surface area (Å²) >= 11 is 0. The second-order valence-corrected chi connectivity index (χ2v) is 9.20. The number of likely N-dealkylation sites (tertiary alicyclic amines) is 1. The average molecular weight is 387 g/mol. The van der Waals surface area contributed by atoms with Crippen molar-refractivity contribution in [3.8, 4) is 0 Å². The van der Waals surface area contributed by atoms with Gasteiger partial charge in [-0.1, -0.05) is 18.2 Å². The van der Waals surface area contributed by atoms with E-state index in [2.05, 4.69) is 11.9 Å². The molecular formula is C23H34N2O3. The third-order valence-corrected chi connectivity index (χ3v) is 7.20. The van der Waals surface area contributed by atoms with Gasteiger partial charge in [-0.15, -0.1) is 0 Å². The summed E-state index contributed by atoms with van der Waals surface area (Å²) < 4.78 is 6.21. The van der Waals surface area contributed by atoms with Crippen LogP contribution >= 0.6 is 0 Å². The molecular weight excluding hydrogens is 352 g/mol. The van der Waals surface area contributed by atoms with Crippen LogP contribution in [0, 0.1) is 5.41 Å². The molecule has 0 bridgehead atoms. The van der Waals surface area contributed by atoms with Gasteiger partial charge in [-0.25, -0.2) is 0 Å². The van der Waals surface area contributed by atoms with Gasteiger partial charge in [0.05, 0.1) is 18.8 Å². The molecule has 154 valence electrons. The zero-order valence-corrected chi connectivity index (χ0v) is 17.1. The molecule has 1 atom stereocenters. The van der Waals surface area contributed by atoms with E-state index in [0.29, 0.717) is 12.1 Å². The van der Waals surface area contributed by atoms with Crippen LogP contribution in [0.1, 0.15) is 55.3 Å². The molecule has 28 heavy (non-hydrogen) atoms. The van der Waals surface area contributed by atoms with Crippen LogP contribution in [-0.2, 0) is 4.74 Å². The summed E-state index contributed by atoms with van der Waals surface area (Å²) in [4.78, 5) is 17.1. The van der Waals surface area contributed by atoms with Crippen LogP contribution in [0.25, 0.3) is 0 Å². The first kappa shape index (κ1) is 19.9. The highest BCUT2D eigenvalue weighted by Gasteiger charge is 2.43. The minimum absolute atomic E-state index is 0.0977. The number of likely N-dealkylation sites (N-methyl/N-ethyl adjacent to an activating group) is 1. The van der Waals surface area contributed by atoms with Crippen LogP contribution in [-0.4, -0.2) is 72.4 Å². The Morgan fingerprint density at radius 2 is 1.86 bits per heavy atom. The smallest absolute Gasteiger partial charge is 0.253 e. The van der Waals surface area contributed by atoms with Gasteiger partial charge >= 0.3 is 0 Å². The number of benzene rings is 1. The van der Waals surface area contributed by atoms with Crippen LogP contribution in [0.3, 0.4) is 0 Å². The van der Waals surface area contributed by atoms with Crippen molar-refractivity contribution in [2.45, 2.75) is 63.2 Å². The molecule has 2 aliphatic heterocycles. The summed E-state index contributed by atoms with van der Waals surface area (Å²) in [6, 6.07) is 10.2. The summed E-state index contributed by atoms with van der Waals surface area (Å²) in [6.07, 6.45) is 7.43. The molecule has 1 saturated carbocycles. The van der Waals surface area contributed by atoms with Gasteiger partial charge in [0, 0.05) is 31.2 Å². The molecule has 1 aromatic carbocycles. The third kappa shape index (κ3) is 4.42. The minimum atomic E-state index is -0.0977. The molecule has 1 spiro atoms. The van der Waals surface area contributed by atoms with E-state index in [1.54, 1.807) is 0 Å². The standard InChI is InChI=1S/C23H34N2O3/c1-24(19-7-9-20(26)10-8-19)16-21-15-23(17-28-21)11-13-25(14-12-23)22(27)18-5-3-2-4-6-18/h2-6,19-21,26H,7-17H2,1H3/t19?,20?,21-/m0/s1. The first-order valence-corrected chi connectivity index (χ1v) is 10.9. The van der Waals surface area contributed by atoms with E-state index in [4.69, 9.17) is 4.74 Å². The number of carbonyl (C=O) groups excluding carboxylic acids is 1. The predicted octanol–water partition coefficient (Wildman–Crippen LogP) is 2.93. The number of amides is 1. The monoisotopic (exact) mass is 386 g/mol. The van der Waals surface area contributed by atoms with Crippen LogP contribution in [0.2, 0.25) is 0 Å². The fraction of sp³-hybridized carbons (Fsp3) is 0.696. The Morgan fingerprint density at radius 3 is 2.54 bits per heavy atom. The maximum absolute atomic E-state index is 12.7. The van der Waals surface area contributed by atoms with E-state index >= 15 is 0 Å². The molecule has 5 heteroatoms. The van der Waals surface area contributed by atoms with E-state index in [1.807, 2.05) is 35.2 Å². The topological polar surface area (TPSA) is 53.0 Å². The molecule has 3 fully saturated rings. The molecule has 0 radical (unpaired) electrons. The van der Waals surface area contributed by atoms with Crippen LogP contribution in [0.4, 0.5) is 0 Å². The van der Waals surface area contributed by atoms with Gasteiger partial charge < -0.3 is 19.6 Å². The lowest BCUT2D eigenvalue weighted by atomic mass is 9.76. The second-order valence-electron chi connectivity index (χ2n) is 9.20. The summed E-state index contributed by atoms with van der Waals surface area (Å²) in [6.45, 7) is 3.48. The van der Waals surface area contributed by atoms with Crippen molar-refractivity contribution in [3.63, 3.8) is 0 Å². The second kappa shape index (κ2) is 8.52. The van der Waals surface area contributed by atoms with Gasteiger partial charge in [-0.3, -0.25) is 4.79 Å².